The van der Waals surface area contributed by atoms with Crippen LogP contribution in [0.2, 0.25) is 0 Å². The highest BCUT2D eigenvalue weighted by atomic mass is 15.1. The number of hydrogen-bond donors (Lipinski definition) is 0. The van der Waals surface area contributed by atoms with Crippen LogP contribution in [-0.2, 0) is 0 Å². The van der Waals surface area contributed by atoms with E-state index in [1.807, 2.05) is 0 Å². The fourth-order valence-electron chi connectivity index (χ4n) is 4.07. The summed E-state index contributed by atoms with van der Waals surface area (Å²) < 4.78 is 0. The average molecular weight is 354 g/mol. The molecule has 1 heteroatoms. The Kier molecular flexibility index (Phi) is 15.0. The molecule has 3 atom stereocenters. The lowest BCUT2D eigenvalue weighted by Crippen LogP contribution is -2.30. The Balaban J connectivity index is 4.32. The van der Waals surface area contributed by atoms with Gasteiger partial charge in [0, 0.05) is 6.04 Å². The minimum atomic E-state index is 0.781. The van der Waals surface area contributed by atoms with Crippen LogP contribution in [0.25, 0.3) is 0 Å². The van der Waals surface area contributed by atoms with Gasteiger partial charge in [0.05, 0.1) is 0 Å². The third kappa shape index (κ3) is 13.8. The Morgan fingerprint density at radius 3 is 1.48 bits per heavy atom. The molecule has 3 unspecified atom stereocenters. The van der Waals surface area contributed by atoms with E-state index < -0.39 is 0 Å². The van der Waals surface area contributed by atoms with Crippen molar-refractivity contribution in [3.63, 3.8) is 0 Å². The first-order chi connectivity index (χ1) is 11.8. The van der Waals surface area contributed by atoms with Gasteiger partial charge in [-0.25, -0.2) is 0 Å². The normalized spacial score (nSPS) is 16.0. The zero-order chi connectivity index (χ0) is 19.2. The van der Waals surface area contributed by atoms with E-state index in [0.29, 0.717) is 0 Å². The highest BCUT2D eigenvalue weighted by Gasteiger charge is 2.19. The van der Waals surface area contributed by atoms with E-state index in [4.69, 9.17) is 0 Å². The first kappa shape index (κ1) is 25.0. The maximum atomic E-state index is 2.51. The molecule has 1 nitrogen and oxygen atoms in total. The van der Waals surface area contributed by atoms with Crippen LogP contribution >= 0.6 is 0 Å². The van der Waals surface area contributed by atoms with E-state index >= 15 is 0 Å². The van der Waals surface area contributed by atoms with Crippen molar-refractivity contribution in [2.45, 2.75) is 118 Å². The molecule has 0 amide bonds. The first-order valence-corrected chi connectivity index (χ1v) is 11.5. The van der Waals surface area contributed by atoms with Crippen LogP contribution in [0, 0.1) is 23.7 Å². The van der Waals surface area contributed by atoms with E-state index in [1.165, 1.54) is 70.6 Å². The lowest BCUT2D eigenvalue weighted by atomic mass is 9.86. The van der Waals surface area contributed by atoms with Gasteiger partial charge in [-0.3, -0.25) is 0 Å². The van der Waals surface area contributed by atoms with Gasteiger partial charge >= 0.3 is 0 Å². The predicted molar refractivity (Wildman–Crippen MR) is 116 cm³/mol. The second-order valence-electron chi connectivity index (χ2n) is 9.63. The molecular weight excluding hydrogens is 302 g/mol. The lowest BCUT2D eigenvalue weighted by molar-refractivity contribution is 0.205. The Morgan fingerprint density at radius 1 is 0.600 bits per heavy atom. The fraction of sp³-hybridized carbons (Fsp3) is 1.00. The minimum absolute atomic E-state index is 0.781. The maximum Gasteiger partial charge on any atom is 0.00919 e. The summed E-state index contributed by atoms with van der Waals surface area (Å²) in [6, 6.07) is 0.781. The molecule has 0 aromatic rings. The van der Waals surface area contributed by atoms with Gasteiger partial charge in [-0.05, 0) is 57.0 Å². The smallest absolute Gasteiger partial charge is 0.00919 e. The van der Waals surface area contributed by atoms with Gasteiger partial charge in [-0.15, -0.1) is 0 Å². The first-order valence-electron chi connectivity index (χ1n) is 11.5. The van der Waals surface area contributed by atoms with Crippen molar-refractivity contribution in [2.24, 2.45) is 23.7 Å². The lowest BCUT2D eigenvalue weighted by Gasteiger charge is -2.30. The van der Waals surface area contributed by atoms with E-state index in [1.54, 1.807) is 0 Å². The summed E-state index contributed by atoms with van der Waals surface area (Å²) in [6.07, 6.45) is 15.5. The topological polar surface area (TPSA) is 3.24 Å². The molecule has 0 aliphatic carbocycles. The highest BCUT2D eigenvalue weighted by Crippen LogP contribution is 2.27. The Labute approximate surface area is 161 Å². The van der Waals surface area contributed by atoms with Crippen LogP contribution < -0.4 is 0 Å². The maximum absolute atomic E-state index is 2.51. The molecule has 0 rings (SSSR count). The Hall–Kier alpha value is -0.0400. The van der Waals surface area contributed by atoms with Gasteiger partial charge in [0.25, 0.3) is 0 Å². The number of rotatable bonds is 16. The van der Waals surface area contributed by atoms with Crippen molar-refractivity contribution in [3.8, 4) is 0 Å². The van der Waals surface area contributed by atoms with Gasteiger partial charge in [0.15, 0.2) is 0 Å². The van der Waals surface area contributed by atoms with Crippen molar-refractivity contribution in [3.05, 3.63) is 0 Å². The van der Waals surface area contributed by atoms with Crippen LogP contribution in [0.4, 0.5) is 0 Å². The second kappa shape index (κ2) is 15.1. The van der Waals surface area contributed by atoms with Crippen molar-refractivity contribution in [1.82, 2.24) is 4.90 Å². The summed E-state index contributed by atoms with van der Waals surface area (Å²) >= 11 is 0. The molecule has 0 fully saturated rings. The number of nitrogens with zero attached hydrogens (tertiary/aromatic N) is 1. The minimum Gasteiger partial charge on any atom is -0.306 e. The van der Waals surface area contributed by atoms with E-state index in [9.17, 15) is 0 Å². The molecule has 0 aromatic carbocycles. The van der Waals surface area contributed by atoms with E-state index in [-0.39, 0.29) is 0 Å². The Bertz CT molecular complexity index is 282. The standard InChI is InChI=1S/C24H51N/c1-9-22(15-11-13-20(3)4)17-18-24(25(7)8)19-23(10-2)16-12-14-21(5)6/h20-24H,9-19H2,1-8H3. The van der Waals surface area contributed by atoms with Crippen LogP contribution in [0.1, 0.15) is 112 Å². The molecule has 0 spiro atoms. The fourth-order valence-corrected chi connectivity index (χ4v) is 4.07. The van der Waals surface area contributed by atoms with Gasteiger partial charge in [-0.1, -0.05) is 92.9 Å². The summed E-state index contributed by atoms with van der Waals surface area (Å²) in [5, 5.41) is 0. The molecule has 0 saturated carbocycles. The predicted octanol–water partition coefficient (Wildman–Crippen LogP) is 7.79. The zero-order valence-electron chi connectivity index (χ0n) is 19.1. The van der Waals surface area contributed by atoms with Crippen LogP contribution in [0.5, 0.6) is 0 Å². The molecule has 0 aliphatic heterocycles. The molecule has 0 radical (unpaired) electrons. The molecule has 0 bridgehead atoms. The molecule has 0 aromatic heterocycles. The van der Waals surface area contributed by atoms with E-state index in [2.05, 4.69) is 60.5 Å². The molecule has 152 valence electrons. The van der Waals surface area contributed by atoms with Crippen molar-refractivity contribution >= 4 is 0 Å². The summed E-state index contributed by atoms with van der Waals surface area (Å²) in [5.74, 6) is 3.59. The van der Waals surface area contributed by atoms with Gasteiger partial charge in [-0.2, -0.15) is 0 Å². The third-order valence-corrected chi connectivity index (χ3v) is 6.19. The molecule has 0 saturated heterocycles. The summed E-state index contributed by atoms with van der Waals surface area (Å²) in [7, 11) is 4.59. The average Bonchev–Trinajstić information content (AvgIpc) is 2.54. The van der Waals surface area contributed by atoms with Gasteiger partial charge < -0.3 is 4.90 Å². The Morgan fingerprint density at radius 2 is 1.08 bits per heavy atom. The molecule has 0 heterocycles. The van der Waals surface area contributed by atoms with Gasteiger partial charge in [0.1, 0.15) is 0 Å². The zero-order valence-corrected chi connectivity index (χ0v) is 19.1. The van der Waals surface area contributed by atoms with Gasteiger partial charge in [0.2, 0.25) is 0 Å². The third-order valence-electron chi connectivity index (χ3n) is 6.19. The quantitative estimate of drug-likeness (QED) is 0.273. The van der Waals surface area contributed by atoms with Crippen LogP contribution in [0.3, 0.4) is 0 Å². The summed E-state index contributed by atoms with van der Waals surface area (Å²) in [5.41, 5.74) is 0. The SMILES string of the molecule is CCC(CCCC(C)C)CCC(CC(CC)CCCC(C)C)N(C)C. The van der Waals surface area contributed by atoms with E-state index in [0.717, 1.165) is 29.7 Å². The van der Waals surface area contributed by atoms with Crippen molar-refractivity contribution in [2.75, 3.05) is 14.1 Å². The van der Waals surface area contributed by atoms with Crippen molar-refractivity contribution in [1.29, 1.82) is 0 Å². The summed E-state index contributed by atoms with van der Waals surface area (Å²) in [4.78, 5) is 2.51. The second-order valence-corrected chi connectivity index (χ2v) is 9.63. The van der Waals surface area contributed by atoms with Crippen LogP contribution in [-0.4, -0.2) is 25.0 Å². The largest absolute Gasteiger partial charge is 0.306 e. The highest BCUT2D eigenvalue weighted by molar-refractivity contribution is 4.74. The molecule has 0 N–H and O–H groups in total. The molecule has 25 heavy (non-hydrogen) atoms. The monoisotopic (exact) mass is 353 g/mol. The van der Waals surface area contributed by atoms with Crippen LogP contribution in [0.15, 0.2) is 0 Å². The van der Waals surface area contributed by atoms with Crippen molar-refractivity contribution < 1.29 is 0 Å². The number of hydrogen-bond acceptors (Lipinski definition) is 1. The summed E-state index contributed by atoms with van der Waals surface area (Å²) in [6.45, 7) is 14.2. The molecular formula is C24H51N. The molecule has 0 aliphatic rings.